The molecular formula is C27H29NO5S. The van der Waals surface area contributed by atoms with Crippen molar-refractivity contribution in [2.45, 2.75) is 38.7 Å². The predicted molar refractivity (Wildman–Crippen MR) is 134 cm³/mol. The first-order valence-corrected chi connectivity index (χ1v) is 12.5. The van der Waals surface area contributed by atoms with E-state index in [2.05, 4.69) is 18.6 Å². The van der Waals surface area contributed by atoms with Crippen LogP contribution in [0.25, 0.3) is 6.08 Å². The SMILES string of the molecule is Cc1ccc(NS(=O)(=O)c2ccccc2CC(C)C)c(OCc2ccc(/C=C/C(=O)O)cc2)c1. The van der Waals surface area contributed by atoms with E-state index in [1.165, 1.54) is 6.08 Å². The molecule has 0 fully saturated rings. The van der Waals surface area contributed by atoms with E-state index >= 15 is 0 Å². The molecule has 0 aliphatic heterocycles. The van der Waals surface area contributed by atoms with Crippen LogP contribution >= 0.6 is 0 Å². The number of anilines is 1. The maximum atomic E-state index is 13.2. The molecular weight excluding hydrogens is 450 g/mol. The number of hydrogen-bond acceptors (Lipinski definition) is 4. The Morgan fingerprint density at radius 1 is 1.06 bits per heavy atom. The van der Waals surface area contributed by atoms with E-state index in [1.807, 2.05) is 37.3 Å². The van der Waals surface area contributed by atoms with Crippen molar-refractivity contribution in [1.29, 1.82) is 0 Å². The van der Waals surface area contributed by atoms with Gasteiger partial charge in [-0.05, 0) is 65.8 Å². The molecule has 0 bridgehead atoms. The van der Waals surface area contributed by atoms with E-state index in [1.54, 1.807) is 36.4 Å². The largest absolute Gasteiger partial charge is 0.487 e. The molecule has 7 heteroatoms. The molecule has 178 valence electrons. The van der Waals surface area contributed by atoms with Gasteiger partial charge in [0, 0.05) is 6.08 Å². The quantitative estimate of drug-likeness (QED) is 0.366. The van der Waals surface area contributed by atoms with Crippen LogP contribution < -0.4 is 9.46 Å². The van der Waals surface area contributed by atoms with Gasteiger partial charge in [-0.2, -0.15) is 0 Å². The monoisotopic (exact) mass is 479 g/mol. The van der Waals surface area contributed by atoms with E-state index in [9.17, 15) is 13.2 Å². The maximum Gasteiger partial charge on any atom is 0.328 e. The summed E-state index contributed by atoms with van der Waals surface area (Å²) in [5.74, 6) is -0.256. The lowest BCUT2D eigenvalue weighted by molar-refractivity contribution is -0.131. The summed E-state index contributed by atoms with van der Waals surface area (Å²) >= 11 is 0. The Balaban J connectivity index is 1.80. The second kappa shape index (κ2) is 11.0. The molecule has 0 heterocycles. The molecule has 2 N–H and O–H groups in total. The summed E-state index contributed by atoms with van der Waals surface area (Å²) in [6.45, 7) is 6.24. The molecule has 0 aliphatic rings. The van der Waals surface area contributed by atoms with E-state index in [-0.39, 0.29) is 11.5 Å². The second-order valence-corrected chi connectivity index (χ2v) is 10.2. The molecule has 0 atom stereocenters. The van der Waals surface area contributed by atoms with Gasteiger partial charge in [0.1, 0.15) is 12.4 Å². The molecule has 0 spiro atoms. The van der Waals surface area contributed by atoms with Crippen molar-refractivity contribution in [3.05, 3.63) is 95.1 Å². The summed E-state index contributed by atoms with van der Waals surface area (Å²) in [6, 6.07) is 19.6. The highest BCUT2D eigenvalue weighted by atomic mass is 32.2. The van der Waals surface area contributed by atoms with E-state index in [0.717, 1.165) is 28.3 Å². The number of aliphatic carboxylic acids is 1. The molecule has 0 unspecified atom stereocenters. The number of benzene rings is 3. The summed E-state index contributed by atoms with van der Waals surface area (Å²) in [7, 11) is -3.81. The predicted octanol–water partition coefficient (Wildman–Crippen LogP) is 5.67. The maximum absolute atomic E-state index is 13.2. The van der Waals surface area contributed by atoms with E-state index in [0.29, 0.717) is 23.8 Å². The molecule has 0 amide bonds. The number of nitrogens with one attached hydrogen (secondary N) is 1. The molecule has 0 saturated heterocycles. The molecule has 0 radical (unpaired) electrons. The zero-order valence-corrected chi connectivity index (χ0v) is 20.3. The lowest BCUT2D eigenvalue weighted by Gasteiger charge is -2.17. The van der Waals surface area contributed by atoms with Crippen LogP contribution in [0.15, 0.2) is 77.7 Å². The Morgan fingerprint density at radius 3 is 2.44 bits per heavy atom. The van der Waals surface area contributed by atoms with Crippen molar-refractivity contribution in [3.63, 3.8) is 0 Å². The van der Waals surface area contributed by atoms with Gasteiger partial charge >= 0.3 is 5.97 Å². The number of aryl methyl sites for hydroxylation is 1. The number of carbonyl (C=O) groups is 1. The molecule has 0 saturated carbocycles. The lowest BCUT2D eigenvalue weighted by atomic mass is 10.0. The topological polar surface area (TPSA) is 92.7 Å². The first-order chi connectivity index (χ1) is 16.1. The van der Waals surface area contributed by atoms with Gasteiger partial charge in [-0.3, -0.25) is 4.72 Å². The van der Waals surface area contributed by atoms with E-state index in [4.69, 9.17) is 9.84 Å². The standard InChI is InChI=1S/C27H29NO5S/c1-19(2)16-23-6-4-5-7-26(23)34(31,32)28-24-14-8-20(3)17-25(24)33-18-22-11-9-21(10-12-22)13-15-27(29)30/h4-15,17,19,28H,16,18H2,1-3H3,(H,29,30)/b15-13+. The molecule has 3 aromatic rings. The molecule has 6 nitrogen and oxygen atoms in total. The van der Waals surface area contributed by atoms with Gasteiger partial charge in [-0.1, -0.05) is 62.4 Å². The minimum absolute atomic E-state index is 0.227. The van der Waals surface area contributed by atoms with Crippen molar-refractivity contribution in [1.82, 2.24) is 0 Å². The average molecular weight is 480 g/mol. The van der Waals surface area contributed by atoms with Gasteiger partial charge < -0.3 is 9.84 Å². The molecule has 3 rings (SSSR count). The van der Waals surface area contributed by atoms with Crippen molar-refractivity contribution in [2.75, 3.05) is 4.72 Å². The van der Waals surface area contributed by atoms with Crippen molar-refractivity contribution in [3.8, 4) is 5.75 Å². The van der Waals surface area contributed by atoms with Crippen LogP contribution in [-0.2, 0) is 27.8 Å². The summed E-state index contributed by atoms with van der Waals surface area (Å²) in [4.78, 5) is 10.9. The fourth-order valence-corrected chi connectivity index (χ4v) is 4.78. The number of ether oxygens (including phenoxy) is 1. The Labute approximate surface area is 201 Å². The Kier molecular flexibility index (Phi) is 8.12. The van der Waals surface area contributed by atoms with Gasteiger partial charge in [0.2, 0.25) is 0 Å². The highest BCUT2D eigenvalue weighted by molar-refractivity contribution is 7.92. The minimum Gasteiger partial charge on any atom is -0.487 e. The van der Waals surface area contributed by atoms with Crippen LogP contribution in [0.3, 0.4) is 0 Å². The first kappa shape index (κ1) is 25.1. The van der Waals surface area contributed by atoms with Gasteiger partial charge in [0.25, 0.3) is 10.0 Å². The first-order valence-electron chi connectivity index (χ1n) is 11.0. The summed E-state index contributed by atoms with van der Waals surface area (Å²) in [5, 5.41) is 8.74. The number of carboxylic acids is 1. The highest BCUT2D eigenvalue weighted by Crippen LogP contribution is 2.30. The fraction of sp³-hybridized carbons (Fsp3) is 0.222. The van der Waals surface area contributed by atoms with Gasteiger partial charge in [0.05, 0.1) is 10.6 Å². The van der Waals surface area contributed by atoms with Crippen LogP contribution in [0.5, 0.6) is 5.75 Å². The van der Waals surface area contributed by atoms with Gasteiger partial charge in [-0.15, -0.1) is 0 Å². The van der Waals surface area contributed by atoms with Crippen LogP contribution in [0.2, 0.25) is 0 Å². The van der Waals surface area contributed by atoms with Crippen molar-refractivity contribution >= 4 is 27.8 Å². The summed E-state index contributed by atoms with van der Waals surface area (Å²) in [5.41, 5.74) is 3.70. The van der Waals surface area contributed by atoms with Crippen LogP contribution in [0.1, 0.15) is 36.1 Å². The minimum atomic E-state index is -3.81. The third-order valence-corrected chi connectivity index (χ3v) is 6.53. The molecule has 0 aliphatic carbocycles. The van der Waals surface area contributed by atoms with Crippen molar-refractivity contribution in [2.24, 2.45) is 5.92 Å². The van der Waals surface area contributed by atoms with Crippen LogP contribution in [-0.4, -0.2) is 19.5 Å². The van der Waals surface area contributed by atoms with E-state index < -0.39 is 16.0 Å². The number of hydrogen-bond donors (Lipinski definition) is 2. The van der Waals surface area contributed by atoms with Gasteiger partial charge in [-0.25, -0.2) is 13.2 Å². The summed E-state index contributed by atoms with van der Waals surface area (Å²) in [6.07, 6.45) is 3.25. The zero-order valence-electron chi connectivity index (χ0n) is 19.5. The van der Waals surface area contributed by atoms with Crippen LogP contribution in [0, 0.1) is 12.8 Å². The number of carboxylic acid groups (broad SMARTS) is 1. The average Bonchev–Trinajstić information content (AvgIpc) is 2.78. The fourth-order valence-electron chi connectivity index (χ4n) is 3.46. The van der Waals surface area contributed by atoms with Gasteiger partial charge in [0.15, 0.2) is 0 Å². The normalized spacial score (nSPS) is 11.6. The Bertz CT molecular complexity index is 1280. The highest BCUT2D eigenvalue weighted by Gasteiger charge is 2.20. The zero-order chi connectivity index (χ0) is 24.7. The third kappa shape index (κ3) is 6.96. The van der Waals surface area contributed by atoms with Crippen LogP contribution in [0.4, 0.5) is 5.69 Å². The second-order valence-electron chi connectivity index (χ2n) is 8.51. The molecule has 34 heavy (non-hydrogen) atoms. The third-order valence-electron chi connectivity index (χ3n) is 5.06. The smallest absolute Gasteiger partial charge is 0.328 e. The lowest BCUT2D eigenvalue weighted by Crippen LogP contribution is -2.16. The number of sulfonamides is 1. The molecule has 0 aromatic heterocycles. The van der Waals surface area contributed by atoms with Crippen molar-refractivity contribution < 1.29 is 23.1 Å². The number of rotatable bonds is 10. The Morgan fingerprint density at radius 2 is 1.76 bits per heavy atom. The molecule has 3 aromatic carbocycles. The summed E-state index contributed by atoms with van der Waals surface area (Å²) < 4.78 is 35.2. The Hall–Kier alpha value is -3.58.